The van der Waals surface area contributed by atoms with Crippen molar-refractivity contribution in [2.75, 3.05) is 28.2 Å². The van der Waals surface area contributed by atoms with Crippen molar-refractivity contribution in [3.05, 3.63) is 101 Å². The summed E-state index contributed by atoms with van der Waals surface area (Å²) in [5.74, 6) is 0.183. The van der Waals surface area contributed by atoms with Gasteiger partial charge in [-0.15, -0.1) is 0 Å². The number of carbonyl (C=O) groups is 2. The second kappa shape index (κ2) is 10.6. The van der Waals surface area contributed by atoms with Crippen LogP contribution in [0.3, 0.4) is 0 Å². The zero-order valence-electron chi connectivity index (χ0n) is 21.9. The molecular formula is C32H35N3O2. The smallest absolute Gasteiger partial charge is 0.227 e. The van der Waals surface area contributed by atoms with Crippen LogP contribution >= 0.6 is 0 Å². The van der Waals surface area contributed by atoms with Crippen LogP contribution in [0.1, 0.15) is 63.1 Å². The first-order chi connectivity index (χ1) is 18.0. The minimum Gasteiger partial charge on any atom is -0.372 e. The van der Waals surface area contributed by atoms with E-state index in [1.807, 2.05) is 66.4 Å². The van der Waals surface area contributed by atoms with Gasteiger partial charge in [-0.25, -0.2) is 0 Å². The van der Waals surface area contributed by atoms with Crippen molar-refractivity contribution in [3.8, 4) is 0 Å². The third-order valence-electron chi connectivity index (χ3n) is 7.67. The van der Waals surface area contributed by atoms with Crippen molar-refractivity contribution in [3.63, 3.8) is 0 Å². The Morgan fingerprint density at radius 3 is 2.22 bits per heavy atom. The average Bonchev–Trinajstić information content (AvgIpc) is 3.09. The first kappa shape index (κ1) is 24.8. The van der Waals surface area contributed by atoms with Crippen LogP contribution in [0, 0.1) is 0 Å². The predicted molar refractivity (Wildman–Crippen MR) is 151 cm³/mol. The first-order valence-electron chi connectivity index (χ1n) is 13.4. The number of fused-ring (bicyclic) bond motifs is 1. The fraction of sp³-hybridized carbons (Fsp3) is 0.312. The molecular weight excluding hydrogens is 458 g/mol. The Bertz CT molecular complexity index is 1310. The van der Waals surface area contributed by atoms with Gasteiger partial charge in [-0.3, -0.25) is 14.5 Å². The van der Waals surface area contributed by atoms with Crippen LogP contribution in [-0.2, 0) is 9.59 Å². The van der Waals surface area contributed by atoms with Gasteiger partial charge in [-0.1, -0.05) is 61.5 Å². The van der Waals surface area contributed by atoms with E-state index in [0.29, 0.717) is 18.4 Å². The SMILES string of the molecule is CCC(=O)N1c2ccccc2NC2=C(C(=O)C[C@@H](c3ccc(N(CC)CC)cc3)C2)[C@@H]1c1ccccc1. The van der Waals surface area contributed by atoms with Gasteiger partial charge in [0.15, 0.2) is 5.78 Å². The molecule has 0 fully saturated rings. The number of carbonyl (C=O) groups excluding carboxylic acids is 2. The lowest BCUT2D eigenvalue weighted by Gasteiger charge is -2.35. The highest BCUT2D eigenvalue weighted by molar-refractivity contribution is 6.06. The second-order valence-corrected chi connectivity index (χ2v) is 9.76. The molecule has 1 heterocycles. The Labute approximate surface area is 219 Å². The number of rotatable bonds is 6. The van der Waals surface area contributed by atoms with E-state index in [-0.39, 0.29) is 17.6 Å². The number of amides is 1. The van der Waals surface area contributed by atoms with Crippen molar-refractivity contribution in [2.45, 2.75) is 52.0 Å². The predicted octanol–water partition coefficient (Wildman–Crippen LogP) is 6.84. The standard InChI is InChI=1S/C32H35N3O2/c1-4-30(37)35-28-15-11-10-14-26(28)33-27-20-24(22-16-18-25(19-17-22)34(5-2)6-3)21-29(36)31(27)32(35)23-12-8-7-9-13-23/h7-19,24,32-33H,4-6,20-21H2,1-3H3/t24-,32-/m0/s1. The zero-order valence-corrected chi connectivity index (χ0v) is 21.9. The molecule has 0 aromatic heterocycles. The van der Waals surface area contributed by atoms with Crippen LogP contribution in [0.5, 0.6) is 0 Å². The third kappa shape index (κ3) is 4.66. The molecule has 0 unspecified atom stereocenters. The van der Waals surface area contributed by atoms with E-state index in [1.165, 1.54) is 11.3 Å². The molecule has 3 aromatic carbocycles. The molecule has 1 amide bonds. The highest BCUT2D eigenvalue weighted by atomic mass is 16.2. The quantitative estimate of drug-likeness (QED) is 0.408. The number of para-hydroxylation sites is 2. The number of ketones is 1. The van der Waals surface area contributed by atoms with Crippen LogP contribution in [-0.4, -0.2) is 24.8 Å². The zero-order chi connectivity index (χ0) is 25.9. The molecule has 0 saturated heterocycles. The fourth-order valence-corrected chi connectivity index (χ4v) is 5.77. The molecule has 37 heavy (non-hydrogen) atoms. The molecule has 2 atom stereocenters. The van der Waals surface area contributed by atoms with Crippen LogP contribution in [0.4, 0.5) is 17.1 Å². The molecule has 0 saturated carbocycles. The monoisotopic (exact) mass is 493 g/mol. The molecule has 0 bridgehead atoms. The van der Waals surface area contributed by atoms with Crippen LogP contribution in [0.25, 0.3) is 0 Å². The van der Waals surface area contributed by atoms with Gasteiger partial charge in [0.1, 0.15) is 0 Å². The van der Waals surface area contributed by atoms with Crippen LogP contribution in [0.15, 0.2) is 90.1 Å². The number of nitrogens with zero attached hydrogens (tertiary/aromatic N) is 2. The summed E-state index contributed by atoms with van der Waals surface area (Å²) in [6.45, 7) is 8.13. The summed E-state index contributed by atoms with van der Waals surface area (Å²) in [6.07, 6.45) is 1.51. The summed E-state index contributed by atoms with van der Waals surface area (Å²) < 4.78 is 0. The highest BCUT2D eigenvalue weighted by Gasteiger charge is 2.41. The van der Waals surface area contributed by atoms with Gasteiger partial charge >= 0.3 is 0 Å². The second-order valence-electron chi connectivity index (χ2n) is 9.76. The molecule has 0 spiro atoms. The van der Waals surface area contributed by atoms with E-state index in [0.717, 1.165) is 42.1 Å². The van der Waals surface area contributed by atoms with Gasteiger partial charge in [0.25, 0.3) is 0 Å². The number of benzene rings is 3. The van der Waals surface area contributed by atoms with Crippen molar-refractivity contribution >= 4 is 28.8 Å². The molecule has 3 aromatic rings. The maximum absolute atomic E-state index is 14.0. The molecule has 190 valence electrons. The van der Waals surface area contributed by atoms with Gasteiger partial charge in [0, 0.05) is 42.9 Å². The minimum absolute atomic E-state index is 0.00114. The Kier molecular flexibility index (Phi) is 7.13. The fourth-order valence-electron chi connectivity index (χ4n) is 5.77. The number of anilines is 3. The molecule has 5 heteroatoms. The van der Waals surface area contributed by atoms with Gasteiger partial charge in [0.2, 0.25) is 5.91 Å². The van der Waals surface area contributed by atoms with Crippen molar-refractivity contribution < 1.29 is 9.59 Å². The summed E-state index contributed by atoms with van der Waals surface area (Å²) in [6, 6.07) is 26.1. The summed E-state index contributed by atoms with van der Waals surface area (Å²) in [5, 5.41) is 3.60. The van der Waals surface area contributed by atoms with Gasteiger partial charge in [0.05, 0.1) is 17.4 Å². The van der Waals surface area contributed by atoms with Crippen LogP contribution in [0.2, 0.25) is 0 Å². The summed E-state index contributed by atoms with van der Waals surface area (Å²) in [5.41, 5.74) is 6.63. The first-order valence-corrected chi connectivity index (χ1v) is 13.4. The lowest BCUT2D eigenvalue weighted by Crippen LogP contribution is -2.38. The molecule has 1 aliphatic heterocycles. The number of hydrogen-bond donors (Lipinski definition) is 1. The molecule has 2 aliphatic rings. The van der Waals surface area contributed by atoms with Gasteiger partial charge in [-0.2, -0.15) is 0 Å². The minimum atomic E-state index is -0.460. The van der Waals surface area contributed by atoms with E-state index in [2.05, 4.69) is 48.3 Å². The van der Waals surface area contributed by atoms with E-state index < -0.39 is 6.04 Å². The topological polar surface area (TPSA) is 52.7 Å². The van der Waals surface area contributed by atoms with E-state index in [1.54, 1.807) is 0 Å². The third-order valence-corrected chi connectivity index (χ3v) is 7.67. The van der Waals surface area contributed by atoms with Crippen molar-refractivity contribution in [2.24, 2.45) is 0 Å². The summed E-state index contributed by atoms with van der Waals surface area (Å²) in [4.78, 5) is 31.6. The Morgan fingerprint density at radius 2 is 1.54 bits per heavy atom. The number of hydrogen-bond acceptors (Lipinski definition) is 4. The largest absolute Gasteiger partial charge is 0.372 e. The molecule has 0 radical (unpaired) electrons. The van der Waals surface area contributed by atoms with E-state index in [4.69, 9.17) is 0 Å². The van der Waals surface area contributed by atoms with Gasteiger partial charge < -0.3 is 10.2 Å². The Hall–Kier alpha value is -3.86. The Balaban J connectivity index is 1.60. The maximum Gasteiger partial charge on any atom is 0.227 e. The number of Topliss-reactive ketones (excluding diaryl/α,β-unsaturated/α-hetero) is 1. The molecule has 5 rings (SSSR count). The lowest BCUT2D eigenvalue weighted by atomic mass is 9.78. The maximum atomic E-state index is 14.0. The Morgan fingerprint density at radius 1 is 0.865 bits per heavy atom. The molecule has 1 aliphatic carbocycles. The highest BCUT2D eigenvalue weighted by Crippen LogP contribution is 2.47. The molecule has 5 nitrogen and oxygen atoms in total. The van der Waals surface area contributed by atoms with Gasteiger partial charge in [-0.05, 0) is 61.6 Å². The summed E-state index contributed by atoms with van der Waals surface area (Å²) in [7, 11) is 0. The van der Waals surface area contributed by atoms with Crippen molar-refractivity contribution in [1.82, 2.24) is 0 Å². The van der Waals surface area contributed by atoms with E-state index >= 15 is 0 Å². The lowest BCUT2D eigenvalue weighted by molar-refractivity contribution is -0.119. The number of allylic oxidation sites excluding steroid dienone is 1. The van der Waals surface area contributed by atoms with Crippen LogP contribution < -0.4 is 15.1 Å². The molecule has 1 N–H and O–H groups in total. The van der Waals surface area contributed by atoms with Crippen molar-refractivity contribution in [1.29, 1.82) is 0 Å². The normalized spacial score (nSPS) is 19.0. The van der Waals surface area contributed by atoms with E-state index in [9.17, 15) is 9.59 Å². The number of nitrogens with one attached hydrogen (secondary N) is 1. The summed E-state index contributed by atoms with van der Waals surface area (Å²) >= 11 is 0. The average molecular weight is 494 g/mol.